The highest BCUT2D eigenvalue weighted by atomic mass is 35.5. The average Bonchev–Trinajstić information content (AvgIpc) is 2.82. The summed E-state index contributed by atoms with van der Waals surface area (Å²) in [5, 5.41) is 14.5. The molecular formula is C25H26Cl2N2O6. The number of halogens is 2. The third kappa shape index (κ3) is 5.51. The van der Waals surface area contributed by atoms with Crippen molar-refractivity contribution in [2.24, 2.45) is 0 Å². The van der Waals surface area contributed by atoms with Crippen molar-refractivity contribution < 1.29 is 28.9 Å². The van der Waals surface area contributed by atoms with E-state index in [2.05, 4.69) is 5.32 Å². The van der Waals surface area contributed by atoms with E-state index in [-0.39, 0.29) is 37.0 Å². The van der Waals surface area contributed by atoms with Crippen LogP contribution in [0.15, 0.2) is 42.5 Å². The molecule has 3 heterocycles. The molecule has 5 rings (SSSR count). The first kappa shape index (κ1) is 24.2. The number of amides is 2. The van der Waals surface area contributed by atoms with Crippen LogP contribution in [0.3, 0.4) is 0 Å². The minimum Gasteiger partial charge on any atom is -0.487 e. The van der Waals surface area contributed by atoms with Crippen LogP contribution in [0.5, 0.6) is 11.5 Å². The molecule has 0 aliphatic carbocycles. The first-order chi connectivity index (χ1) is 16.9. The van der Waals surface area contributed by atoms with E-state index in [1.165, 1.54) is 0 Å². The summed E-state index contributed by atoms with van der Waals surface area (Å²) in [5.74, 6) is 0.806. The molecule has 0 saturated carbocycles. The van der Waals surface area contributed by atoms with Crippen LogP contribution in [0, 0.1) is 0 Å². The van der Waals surface area contributed by atoms with Gasteiger partial charge in [0.05, 0.1) is 31.8 Å². The Balaban J connectivity index is 1.05. The van der Waals surface area contributed by atoms with Crippen molar-refractivity contribution in [3.8, 4) is 11.5 Å². The Kier molecular flexibility index (Phi) is 7.07. The van der Waals surface area contributed by atoms with Gasteiger partial charge in [-0.25, -0.2) is 0 Å². The molecule has 3 aliphatic heterocycles. The van der Waals surface area contributed by atoms with Crippen LogP contribution in [0.2, 0.25) is 10.0 Å². The first-order valence-electron chi connectivity index (χ1n) is 11.6. The Bertz CT molecular complexity index is 1080. The van der Waals surface area contributed by atoms with Gasteiger partial charge in [-0.15, -0.1) is 0 Å². The zero-order valence-electron chi connectivity index (χ0n) is 18.9. The Morgan fingerprint density at radius 3 is 2.49 bits per heavy atom. The van der Waals surface area contributed by atoms with E-state index >= 15 is 0 Å². The molecule has 2 aromatic rings. The maximum atomic E-state index is 12.8. The van der Waals surface area contributed by atoms with E-state index in [1.54, 1.807) is 47.4 Å². The number of aliphatic hydroxyl groups excluding tert-OH is 1. The standard InChI is InChI=1S/C25H26Cl2N2O6/c26-14-1-5-17(6-2-14)34-18-11-29(12-18)25(32)22-8-4-16(13-33-22)28-24(31)23-10-20(30)19-9-15(27)3-7-21(19)35-23/h1-3,5-7,9,16,18,20,22-23,30H,4,8,10-13H2,(H,28,31)/t16-,20-,22+,23-/m1/s1. The third-order valence-corrected chi connectivity index (χ3v) is 6.99. The molecule has 2 amide bonds. The molecule has 3 aliphatic rings. The highest BCUT2D eigenvalue weighted by Crippen LogP contribution is 2.36. The highest BCUT2D eigenvalue weighted by molar-refractivity contribution is 6.30. The van der Waals surface area contributed by atoms with E-state index in [4.69, 9.17) is 37.4 Å². The van der Waals surface area contributed by atoms with Gasteiger partial charge < -0.3 is 29.5 Å². The summed E-state index contributed by atoms with van der Waals surface area (Å²) in [6, 6.07) is 11.9. The van der Waals surface area contributed by atoms with Crippen molar-refractivity contribution in [1.29, 1.82) is 0 Å². The first-order valence-corrected chi connectivity index (χ1v) is 12.4. The van der Waals surface area contributed by atoms with Crippen molar-refractivity contribution in [1.82, 2.24) is 10.2 Å². The second-order valence-electron chi connectivity index (χ2n) is 9.08. The molecular weight excluding hydrogens is 495 g/mol. The van der Waals surface area contributed by atoms with Crippen LogP contribution in [0.4, 0.5) is 0 Å². The summed E-state index contributed by atoms with van der Waals surface area (Å²) in [4.78, 5) is 27.2. The van der Waals surface area contributed by atoms with E-state index in [0.717, 1.165) is 5.75 Å². The third-order valence-electron chi connectivity index (χ3n) is 6.50. The van der Waals surface area contributed by atoms with Crippen molar-refractivity contribution >= 4 is 35.0 Å². The van der Waals surface area contributed by atoms with Crippen molar-refractivity contribution in [2.75, 3.05) is 19.7 Å². The number of carbonyl (C=O) groups excluding carboxylic acids is 2. The quantitative estimate of drug-likeness (QED) is 0.628. The number of hydrogen-bond donors (Lipinski definition) is 2. The molecule has 0 aromatic heterocycles. The Morgan fingerprint density at radius 1 is 1.03 bits per heavy atom. The van der Waals surface area contributed by atoms with Gasteiger partial charge in [0.15, 0.2) is 6.10 Å². The van der Waals surface area contributed by atoms with Gasteiger partial charge in [-0.2, -0.15) is 0 Å². The number of hydrogen-bond acceptors (Lipinski definition) is 6. The molecule has 0 unspecified atom stereocenters. The second-order valence-corrected chi connectivity index (χ2v) is 9.95. The SMILES string of the molecule is O=C(N[C@@H]1CC[C@@H](C(=O)N2CC(Oc3ccc(Cl)cc3)C2)OC1)[C@H]1C[C@@H](O)c2cc(Cl)ccc2O1. The minimum atomic E-state index is -0.832. The van der Waals surface area contributed by atoms with Gasteiger partial charge in [-0.05, 0) is 55.3 Å². The van der Waals surface area contributed by atoms with Crippen LogP contribution in [-0.2, 0) is 14.3 Å². The smallest absolute Gasteiger partial charge is 0.261 e. The zero-order chi connectivity index (χ0) is 24.5. The molecule has 35 heavy (non-hydrogen) atoms. The number of nitrogens with one attached hydrogen (secondary N) is 1. The van der Waals surface area contributed by atoms with Crippen LogP contribution >= 0.6 is 23.2 Å². The number of nitrogens with zero attached hydrogens (tertiary/aromatic N) is 1. The van der Waals surface area contributed by atoms with Crippen LogP contribution in [0.25, 0.3) is 0 Å². The fourth-order valence-electron chi connectivity index (χ4n) is 4.53. The van der Waals surface area contributed by atoms with Gasteiger partial charge in [-0.3, -0.25) is 9.59 Å². The van der Waals surface area contributed by atoms with Crippen LogP contribution in [-0.4, -0.2) is 65.9 Å². The second kappa shape index (κ2) is 10.2. The number of carbonyl (C=O) groups is 2. The van der Waals surface area contributed by atoms with Gasteiger partial charge in [0.25, 0.3) is 11.8 Å². The van der Waals surface area contributed by atoms with E-state index in [9.17, 15) is 14.7 Å². The maximum Gasteiger partial charge on any atom is 0.261 e. The molecule has 2 saturated heterocycles. The van der Waals surface area contributed by atoms with Crippen LogP contribution < -0.4 is 14.8 Å². The topological polar surface area (TPSA) is 97.3 Å². The van der Waals surface area contributed by atoms with Gasteiger partial charge in [0.1, 0.15) is 23.7 Å². The fraction of sp³-hybridized carbons (Fsp3) is 0.440. The average molecular weight is 521 g/mol. The van der Waals surface area contributed by atoms with E-state index in [1.807, 2.05) is 0 Å². The molecule has 4 atom stereocenters. The molecule has 186 valence electrons. The van der Waals surface area contributed by atoms with Crippen molar-refractivity contribution in [2.45, 2.75) is 49.7 Å². The lowest BCUT2D eigenvalue weighted by molar-refractivity contribution is -0.156. The van der Waals surface area contributed by atoms with Gasteiger partial charge in [0.2, 0.25) is 0 Å². The summed E-state index contributed by atoms with van der Waals surface area (Å²) < 4.78 is 17.4. The number of fused-ring (bicyclic) bond motifs is 1. The normalized spacial score (nSPS) is 26.2. The Morgan fingerprint density at radius 2 is 1.77 bits per heavy atom. The summed E-state index contributed by atoms with van der Waals surface area (Å²) in [5.41, 5.74) is 0.579. The molecule has 0 radical (unpaired) electrons. The Hall–Kier alpha value is -2.52. The van der Waals surface area contributed by atoms with Gasteiger partial charge >= 0.3 is 0 Å². The number of ether oxygens (including phenoxy) is 3. The summed E-state index contributed by atoms with van der Waals surface area (Å²) in [6.07, 6.45) is -0.951. The van der Waals surface area contributed by atoms with Crippen LogP contribution in [0.1, 0.15) is 30.9 Å². The predicted molar refractivity (Wildman–Crippen MR) is 129 cm³/mol. The molecule has 2 fully saturated rings. The Labute approximate surface area is 213 Å². The largest absolute Gasteiger partial charge is 0.487 e. The molecule has 2 aromatic carbocycles. The molecule has 0 bridgehead atoms. The summed E-state index contributed by atoms with van der Waals surface area (Å²) in [7, 11) is 0. The summed E-state index contributed by atoms with van der Waals surface area (Å²) >= 11 is 11.9. The number of likely N-dealkylation sites (tertiary alicyclic amines) is 1. The molecule has 2 N–H and O–H groups in total. The minimum absolute atomic E-state index is 0.0530. The number of rotatable bonds is 5. The lowest BCUT2D eigenvalue weighted by Gasteiger charge is -2.41. The lowest BCUT2D eigenvalue weighted by Crippen LogP contribution is -2.60. The van der Waals surface area contributed by atoms with Gasteiger partial charge in [0, 0.05) is 22.0 Å². The molecule has 0 spiro atoms. The van der Waals surface area contributed by atoms with Crippen molar-refractivity contribution in [3.63, 3.8) is 0 Å². The predicted octanol–water partition coefficient (Wildman–Crippen LogP) is 3.13. The molecule has 8 nitrogen and oxygen atoms in total. The van der Waals surface area contributed by atoms with E-state index < -0.39 is 18.3 Å². The van der Waals surface area contributed by atoms with Gasteiger partial charge in [-0.1, -0.05) is 23.2 Å². The van der Waals surface area contributed by atoms with E-state index in [0.29, 0.717) is 47.3 Å². The van der Waals surface area contributed by atoms with Crippen molar-refractivity contribution in [3.05, 3.63) is 58.1 Å². The fourth-order valence-corrected chi connectivity index (χ4v) is 4.84. The monoisotopic (exact) mass is 520 g/mol. The highest BCUT2D eigenvalue weighted by Gasteiger charge is 2.39. The maximum absolute atomic E-state index is 12.8. The number of aliphatic hydroxyl groups is 1. The zero-order valence-corrected chi connectivity index (χ0v) is 20.4. The molecule has 10 heteroatoms. The number of benzene rings is 2. The summed E-state index contributed by atoms with van der Waals surface area (Å²) in [6.45, 7) is 1.26. The lowest BCUT2D eigenvalue weighted by atomic mass is 9.98.